The number of nitriles is 1. The van der Waals surface area contributed by atoms with Gasteiger partial charge in [0.1, 0.15) is 0 Å². The minimum absolute atomic E-state index is 0.0987. The van der Waals surface area contributed by atoms with Gasteiger partial charge in [-0.1, -0.05) is 36.8 Å². The topological polar surface area (TPSA) is 50.6 Å². The molecule has 140 valence electrons. The highest BCUT2D eigenvalue weighted by molar-refractivity contribution is 5.74. The second-order valence-corrected chi connectivity index (χ2v) is 7.65. The second-order valence-electron chi connectivity index (χ2n) is 7.65. The molecule has 5 heteroatoms. The highest BCUT2D eigenvalue weighted by Crippen LogP contribution is 2.35. The largest absolute Gasteiger partial charge is 0.326 e. The number of hydrogen-bond donors (Lipinski definition) is 0. The zero-order valence-electron chi connectivity index (χ0n) is 15.9. The maximum absolute atomic E-state index is 12.8. The number of piperidine rings is 2. The van der Waals surface area contributed by atoms with Gasteiger partial charge in [0.25, 0.3) is 0 Å². The van der Waals surface area contributed by atoms with Crippen molar-refractivity contribution in [3.8, 4) is 6.07 Å². The van der Waals surface area contributed by atoms with Crippen LogP contribution in [0.1, 0.15) is 37.7 Å². The molecule has 5 nitrogen and oxygen atoms in total. The molecular formula is C21H30N4O. The Balaban J connectivity index is 1.52. The Morgan fingerprint density at radius 1 is 1.12 bits per heavy atom. The average Bonchev–Trinajstić information content (AvgIpc) is 2.73. The van der Waals surface area contributed by atoms with Crippen LogP contribution < -0.4 is 0 Å². The Labute approximate surface area is 157 Å². The minimum atomic E-state index is -0.454. The van der Waals surface area contributed by atoms with Gasteiger partial charge in [-0.05, 0) is 44.3 Å². The van der Waals surface area contributed by atoms with Crippen molar-refractivity contribution in [2.45, 2.75) is 37.5 Å². The van der Waals surface area contributed by atoms with Crippen LogP contribution >= 0.6 is 0 Å². The maximum Gasteiger partial charge on any atom is 0.319 e. The summed E-state index contributed by atoms with van der Waals surface area (Å²) < 4.78 is 0. The number of rotatable bonds is 4. The molecule has 1 aromatic carbocycles. The lowest BCUT2D eigenvalue weighted by Gasteiger charge is -2.39. The Morgan fingerprint density at radius 3 is 2.38 bits per heavy atom. The molecule has 0 bridgehead atoms. The second kappa shape index (κ2) is 8.55. The van der Waals surface area contributed by atoms with Crippen molar-refractivity contribution in [2.24, 2.45) is 0 Å². The third kappa shape index (κ3) is 4.19. The first-order chi connectivity index (χ1) is 12.6. The normalized spacial score (nSPS) is 20.4. The van der Waals surface area contributed by atoms with Crippen LogP contribution in [-0.2, 0) is 5.41 Å². The Kier molecular flexibility index (Phi) is 6.16. The maximum atomic E-state index is 12.8. The van der Waals surface area contributed by atoms with Gasteiger partial charge >= 0.3 is 6.03 Å². The Morgan fingerprint density at radius 2 is 1.77 bits per heavy atom. The number of carbonyl (C=O) groups is 1. The summed E-state index contributed by atoms with van der Waals surface area (Å²) in [5, 5.41) is 9.79. The fraction of sp³-hybridized carbons (Fsp3) is 0.619. The molecule has 2 saturated heterocycles. The first-order valence-electron chi connectivity index (χ1n) is 9.84. The lowest BCUT2D eigenvalue weighted by atomic mass is 9.74. The van der Waals surface area contributed by atoms with Gasteiger partial charge in [-0.15, -0.1) is 0 Å². The molecule has 0 unspecified atom stereocenters. The van der Waals surface area contributed by atoms with Crippen LogP contribution in [0, 0.1) is 11.3 Å². The van der Waals surface area contributed by atoms with Gasteiger partial charge in [0.15, 0.2) is 0 Å². The summed E-state index contributed by atoms with van der Waals surface area (Å²) >= 11 is 0. The van der Waals surface area contributed by atoms with Crippen molar-refractivity contribution in [1.29, 1.82) is 5.26 Å². The van der Waals surface area contributed by atoms with Crippen molar-refractivity contribution >= 4 is 6.03 Å². The van der Waals surface area contributed by atoms with Crippen LogP contribution in [0.25, 0.3) is 0 Å². The fourth-order valence-electron chi connectivity index (χ4n) is 4.11. The smallest absolute Gasteiger partial charge is 0.319 e. The highest BCUT2D eigenvalue weighted by Gasteiger charge is 2.38. The zero-order valence-corrected chi connectivity index (χ0v) is 15.9. The first kappa shape index (κ1) is 18.7. The van der Waals surface area contributed by atoms with E-state index in [9.17, 15) is 10.1 Å². The monoisotopic (exact) mass is 354 g/mol. The third-order valence-corrected chi connectivity index (χ3v) is 5.95. The molecule has 0 aliphatic carbocycles. The van der Waals surface area contributed by atoms with Crippen molar-refractivity contribution in [1.82, 2.24) is 14.7 Å². The Hall–Kier alpha value is -2.06. The van der Waals surface area contributed by atoms with E-state index in [1.165, 1.54) is 19.3 Å². The lowest BCUT2D eigenvalue weighted by molar-refractivity contribution is 0.133. The van der Waals surface area contributed by atoms with Gasteiger partial charge in [-0.3, -0.25) is 0 Å². The number of amides is 2. The lowest BCUT2D eigenvalue weighted by Crippen LogP contribution is -2.50. The molecule has 2 amide bonds. The number of benzene rings is 1. The molecular weight excluding hydrogens is 324 g/mol. The molecule has 0 atom stereocenters. The summed E-state index contributed by atoms with van der Waals surface area (Å²) in [6.07, 6.45) is 5.30. The van der Waals surface area contributed by atoms with Crippen LogP contribution in [0.4, 0.5) is 4.79 Å². The van der Waals surface area contributed by atoms with E-state index in [0.29, 0.717) is 25.9 Å². The van der Waals surface area contributed by atoms with Gasteiger partial charge in [-0.25, -0.2) is 4.79 Å². The number of likely N-dealkylation sites (N-methyl/N-ethyl adjacent to an activating group) is 1. The predicted molar refractivity (Wildman–Crippen MR) is 103 cm³/mol. The zero-order chi connectivity index (χ0) is 18.4. The summed E-state index contributed by atoms with van der Waals surface area (Å²) in [7, 11) is 1.90. The number of likely N-dealkylation sites (tertiary alicyclic amines) is 2. The Bertz CT molecular complexity index is 625. The van der Waals surface area contributed by atoms with Gasteiger partial charge in [-0.2, -0.15) is 5.26 Å². The van der Waals surface area contributed by atoms with Crippen LogP contribution in [0.2, 0.25) is 0 Å². The number of nitrogens with zero attached hydrogens (tertiary/aromatic N) is 4. The predicted octanol–water partition coefficient (Wildman–Crippen LogP) is 3.08. The van der Waals surface area contributed by atoms with E-state index < -0.39 is 5.41 Å². The van der Waals surface area contributed by atoms with Gasteiger partial charge < -0.3 is 14.7 Å². The molecule has 0 radical (unpaired) electrons. The van der Waals surface area contributed by atoms with Crippen molar-refractivity contribution in [2.75, 3.05) is 46.3 Å². The summed E-state index contributed by atoms with van der Waals surface area (Å²) in [4.78, 5) is 19.0. The third-order valence-electron chi connectivity index (χ3n) is 5.95. The quantitative estimate of drug-likeness (QED) is 0.835. The summed E-state index contributed by atoms with van der Waals surface area (Å²) in [5.41, 5.74) is 0.623. The summed E-state index contributed by atoms with van der Waals surface area (Å²) in [6, 6.07) is 12.6. The van der Waals surface area contributed by atoms with E-state index >= 15 is 0 Å². The van der Waals surface area contributed by atoms with Crippen molar-refractivity contribution in [3.63, 3.8) is 0 Å². The molecule has 2 aliphatic heterocycles. The van der Waals surface area contributed by atoms with Gasteiger partial charge in [0.05, 0.1) is 11.5 Å². The average molecular weight is 354 g/mol. The van der Waals surface area contributed by atoms with Gasteiger partial charge in [0, 0.05) is 33.2 Å². The molecule has 2 heterocycles. The fourth-order valence-corrected chi connectivity index (χ4v) is 4.11. The molecule has 26 heavy (non-hydrogen) atoms. The van der Waals surface area contributed by atoms with E-state index in [1.807, 2.05) is 47.2 Å². The van der Waals surface area contributed by atoms with Crippen LogP contribution in [0.3, 0.4) is 0 Å². The number of urea groups is 1. The standard InChI is InChI=1S/C21H30N4O/c1-23(16-17-24-12-6-3-7-13-24)20(26)25-14-10-21(18-22,11-15-25)19-8-4-2-5-9-19/h2,4-5,8-9H,3,6-7,10-17H2,1H3. The SMILES string of the molecule is CN(CCN1CCCCC1)C(=O)N1CCC(C#N)(c2ccccc2)CC1. The summed E-state index contributed by atoms with van der Waals surface area (Å²) in [5.74, 6) is 0. The molecule has 1 aromatic rings. The molecule has 0 saturated carbocycles. The molecule has 0 N–H and O–H groups in total. The van der Waals surface area contributed by atoms with Crippen molar-refractivity contribution in [3.05, 3.63) is 35.9 Å². The van der Waals surface area contributed by atoms with E-state index in [4.69, 9.17) is 0 Å². The van der Waals surface area contributed by atoms with Crippen LogP contribution in [0.15, 0.2) is 30.3 Å². The van der Waals surface area contributed by atoms with Crippen LogP contribution in [-0.4, -0.2) is 67.0 Å². The van der Waals surface area contributed by atoms with E-state index in [2.05, 4.69) is 11.0 Å². The molecule has 2 fully saturated rings. The first-order valence-corrected chi connectivity index (χ1v) is 9.84. The number of hydrogen-bond acceptors (Lipinski definition) is 3. The van der Waals surface area contributed by atoms with Crippen molar-refractivity contribution < 1.29 is 4.79 Å². The summed E-state index contributed by atoms with van der Waals surface area (Å²) in [6.45, 7) is 5.35. The minimum Gasteiger partial charge on any atom is -0.326 e. The molecule has 2 aliphatic rings. The molecule has 3 rings (SSSR count). The van der Waals surface area contributed by atoms with Gasteiger partial charge in [0.2, 0.25) is 0 Å². The van der Waals surface area contributed by atoms with E-state index in [-0.39, 0.29) is 6.03 Å². The number of carbonyl (C=O) groups excluding carboxylic acids is 1. The highest BCUT2D eigenvalue weighted by atomic mass is 16.2. The van der Waals surface area contributed by atoms with E-state index in [0.717, 1.165) is 31.7 Å². The molecule has 0 aromatic heterocycles. The van der Waals surface area contributed by atoms with Crippen LogP contribution in [0.5, 0.6) is 0 Å². The van der Waals surface area contributed by atoms with E-state index in [1.54, 1.807) is 0 Å². The molecule has 0 spiro atoms.